The maximum atomic E-state index is 12.1. The average molecular weight is 344 g/mol. The van der Waals surface area contributed by atoms with E-state index >= 15 is 0 Å². The highest BCUT2D eigenvalue weighted by molar-refractivity contribution is 6.33. The molecule has 0 aliphatic carbocycles. The third-order valence-electron chi connectivity index (χ3n) is 3.39. The molecule has 0 bridgehead atoms. The first-order valence-electron chi connectivity index (χ1n) is 7.66. The second kappa shape index (κ2) is 6.88. The van der Waals surface area contributed by atoms with Gasteiger partial charge in [-0.05, 0) is 38.1 Å². The predicted molar refractivity (Wildman–Crippen MR) is 94.4 cm³/mol. The number of aromatic nitrogens is 3. The second-order valence-corrected chi connectivity index (χ2v) is 6.14. The van der Waals surface area contributed by atoms with Crippen molar-refractivity contribution in [1.82, 2.24) is 19.7 Å². The number of hydrogen-bond donors (Lipinski definition) is 2. The molecule has 3 rings (SSSR count). The molecule has 2 N–H and O–H groups in total. The summed E-state index contributed by atoms with van der Waals surface area (Å²) >= 11 is 6.22. The van der Waals surface area contributed by atoms with E-state index in [0.717, 1.165) is 5.69 Å². The van der Waals surface area contributed by atoms with Crippen molar-refractivity contribution < 1.29 is 4.79 Å². The first-order chi connectivity index (χ1) is 11.5. The lowest BCUT2D eigenvalue weighted by Crippen LogP contribution is -2.30. The highest BCUT2D eigenvalue weighted by Crippen LogP contribution is 2.23. The summed E-state index contributed by atoms with van der Waals surface area (Å²) in [7, 11) is 0. The quantitative estimate of drug-likeness (QED) is 0.746. The molecule has 0 radical (unpaired) electrons. The third-order valence-corrected chi connectivity index (χ3v) is 3.72. The zero-order valence-electron chi connectivity index (χ0n) is 13.5. The summed E-state index contributed by atoms with van der Waals surface area (Å²) in [5.74, 6) is 0.520. The van der Waals surface area contributed by atoms with Crippen LogP contribution in [0.2, 0.25) is 5.02 Å². The highest BCUT2D eigenvalue weighted by atomic mass is 35.5. The minimum Gasteiger partial charge on any atom is -0.378 e. The van der Waals surface area contributed by atoms with E-state index in [1.54, 1.807) is 24.4 Å². The van der Waals surface area contributed by atoms with E-state index < -0.39 is 0 Å². The Hall–Kier alpha value is -2.60. The number of imidazole rings is 1. The molecule has 24 heavy (non-hydrogen) atoms. The second-order valence-electron chi connectivity index (χ2n) is 5.74. The van der Waals surface area contributed by atoms with Crippen molar-refractivity contribution in [1.29, 1.82) is 0 Å². The number of amides is 1. The van der Waals surface area contributed by atoms with E-state index in [9.17, 15) is 4.79 Å². The van der Waals surface area contributed by atoms with E-state index in [1.165, 1.54) is 0 Å². The number of halogens is 1. The molecular formula is C17H18ClN5O. The standard InChI is InChI=1S/C17H18ClN5O/c1-11(2)21-16(24)12-4-5-14(18)15(8-12)20-9-13-10-23-7-3-6-19-17(23)22-13/h3-8,10-11,20H,9H2,1-2H3,(H,21,24). The summed E-state index contributed by atoms with van der Waals surface area (Å²) in [6.07, 6.45) is 5.49. The number of hydrogen-bond acceptors (Lipinski definition) is 4. The lowest BCUT2D eigenvalue weighted by atomic mass is 10.1. The van der Waals surface area contributed by atoms with E-state index in [1.807, 2.05) is 36.7 Å². The van der Waals surface area contributed by atoms with Crippen molar-refractivity contribution in [2.24, 2.45) is 0 Å². The van der Waals surface area contributed by atoms with Crippen molar-refractivity contribution in [3.8, 4) is 0 Å². The number of nitrogens with zero attached hydrogens (tertiary/aromatic N) is 3. The van der Waals surface area contributed by atoms with Crippen LogP contribution in [0.25, 0.3) is 5.78 Å². The molecule has 0 atom stereocenters. The number of benzene rings is 1. The first-order valence-corrected chi connectivity index (χ1v) is 8.03. The van der Waals surface area contributed by atoms with Crippen molar-refractivity contribution in [2.45, 2.75) is 26.4 Å². The fourth-order valence-corrected chi connectivity index (χ4v) is 2.48. The molecule has 0 unspecified atom stereocenters. The van der Waals surface area contributed by atoms with Gasteiger partial charge in [-0.15, -0.1) is 0 Å². The van der Waals surface area contributed by atoms with Crippen LogP contribution >= 0.6 is 11.6 Å². The summed E-state index contributed by atoms with van der Waals surface area (Å²) in [4.78, 5) is 20.7. The van der Waals surface area contributed by atoms with Gasteiger partial charge >= 0.3 is 0 Å². The topological polar surface area (TPSA) is 71.3 Å². The molecular weight excluding hydrogens is 326 g/mol. The van der Waals surface area contributed by atoms with Crippen molar-refractivity contribution in [3.63, 3.8) is 0 Å². The molecule has 2 heterocycles. The van der Waals surface area contributed by atoms with Crippen LogP contribution in [0, 0.1) is 0 Å². The van der Waals surface area contributed by atoms with Crippen LogP contribution in [0.3, 0.4) is 0 Å². The zero-order valence-corrected chi connectivity index (χ0v) is 14.2. The SMILES string of the molecule is CC(C)NC(=O)c1ccc(Cl)c(NCc2cn3cccnc3n2)c1. The largest absolute Gasteiger partial charge is 0.378 e. The van der Waals surface area contributed by atoms with Gasteiger partial charge in [0.25, 0.3) is 5.91 Å². The van der Waals surface area contributed by atoms with Crippen LogP contribution in [0.15, 0.2) is 42.9 Å². The molecule has 0 aliphatic heterocycles. The molecule has 0 fully saturated rings. The van der Waals surface area contributed by atoms with Crippen molar-refractivity contribution in [3.05, 3.63) is 59.1 Å². The highest BCUT2D eigenvalue weighted by Gasteiger charge is 2.10. The Balaban J connectivity index is 1.75. The van der Waals surface area contributed by atoms with Crippen LogP contribution in [0.5, 0.6) is 0 Å². The van der Waals surface area contributed by atoms with Crippen LogP contribution in [-0.2, 0) is 6.54 Å². The van der Waals surface area contributed by atoms with Crippen molar-refractivity contribution in [2.75, 3.05) is 5.32 Å². The Kier molecular flexibility index (Phi) is 4.66. The Morgan fingerprint density at radius 2 is 2.21 bits per heavy atom. The Bertz CT molecular complexity index is 841. The summed E-state index contributed by atoms with van der Waals surface area (Å²) < 4.78 is 1.85. The monoisotopic (exact) mass is 343 g/mol. The number of fused-ring (bicyclic) bond motifs is 1. The predicted octanol–water partition coefficient (Wildman–Crippen LogP) is 3.13. The van der Waals surface area contributed by atoms with Gasteiger partial charge in [-0.25, -0.2) is 9.97 Å². The van der Waals surface area contributed by atoms with E-state index in [2.05, 4.69) is 20.6 Å². The summed E-state index contributed by atoms with van der Waals surface area (Å²) in [5, 5.41) is 6.64. The number of rotatable bonds is 5. The molecule has 1 aromatic carbocycles. The van der Waals surface area contributed by atoms with E-state index in [-0.39, 0.29) is 11.9 Å². The minimum absolute atomic E-state index is 0.0788. The maximum Gasteiger partial charge on any atom is 0.251 e. The lowest BCUT2D eigenvalue weighted by molar-refractivity contribution is 0.0943. The molecule has 1 amide bonds. The molecule has 2 aromatic heterocycles. The molecule has 3 aromatic rings. The van der Waals surface area contributed by atoms with E-state index in [0.29, 0.717) is 28.6 Å². The van der Waals surface area contributed by atoms with Gasteiger partial charge < -0.3 is 10.6 Å². The van der Waals surface area contributed by atoms with Crippen molar-refractivity contribution >= 4 is 29.0 Å². The summed E-state index contributed by atoms with van der Waals surface area (Å²) in [6.45, 7) is 4.33. The molecule has 6 nitrogen and oxygen atoms in total. The molecule has 124 valence electrons. The van der Waals surface area contributed by atoms with Gasteiger partial charge in [0.2, 0.25) is 5.78 Å². The van der Waals surface area contributed by atoms with Gasteiger partial charge in [-0.2, -0.15) is 0 Å². The molecule has 0 aliphatic rings. The van der Waals surface area contributed by atoms with E-state index in [4.69, 9.17) is 11.6 Å². The first kappa shape index (κ1) is 16.3. The van der Waals surface area contributed by atoms with Gasteiger partial charge in [0.15, 0.2) is 0 Å². The summed E-state index contributed by atoms with van der Waals surface area (Å²) in [5.41, 5.74) is 2.09. The Labute approximate surface area is 144 Å². The van der Waals surface area contributed by atoms with Gasteiger partial charge in [0, 0.05) is 30.2 Å². The zero-order chi connectivity index (χ0) is 17.1. The molecule has 0 saturated heterocycles. The maximum absolute atomic E-state index is 12.1. The number of carbonyl (C=O) groups is 1. The number of carbonyl (C=O) groups excluding carboxylic acids is 1. The fourth-order valence-electron chi connectivity index (χ4n) is 2.30. The third kappa shape index (κ3) is 3.65. The molecule has 0 saturated carbocycles. The van der Waals surface area contributed by atoms with Crippen LogP contribution in [-0.4, -0.2) is 26.3 Å². The number of nitrogens with one attached hydrogen (secondary N) is 2. The summed E-state index contributed by atoms with van der Waals surface area (Å²) in [6, 6.07) is 7.09. The molecule has 7 heteroatoms. The minimum atomic E-state index is -0.123. The fraction of sp³-hybridized carbons (Fsp3) is 0.235. The molecule has 0 spiro atoms. The lowest BCUT2D eigenvalue weighted by Gasteiger charge is -2.11. The van der Waals surface area contributed by atoms with Gasteiger partial charge in [-0.1, -0.05) is 11.6 Å². The Morgan fingerprint density at radius 1 is 1.38 bits per heavy atom. The van der Waals surface area contributed by atoms with Gasteiger partial charge in [0.05, 0.1) is 22.9 Å². The van der Waals surface area contributed by atoms with Crippen LogP contribution in [0.4, 0.5) is 5.69 Å². The van der Waals surface area contributed by atoms with Crippen LogP contribution < -0.4 is 10.6 Å². The smallest absolute Gasteiger partial charge is 0.251 e. The Morgan fingerprint density at radius 3 is 2.96 bits per heavy atom. The van der Waals surface area contributed by atoms with Gasteiger partial charge in [0.1, 0.15) is 0 Å². The van der Waals surface area contributed by atoms with Gasteiger partial charge in [-0.3, -0.25) is 9.20 Å². The number of anilines is 1. The van der Waals surface area contributed by atoms with Crippen LogP contribution in [0.1, 0.15) is 29.9 Å². The normalized spacial score (nSPS) is 11.0. The average Bonchev–Trinajstić information content (AvgIpc) is 2.96.